The molecule has 0 radical (unpaired) electrons. The van der Waals surface area contributed by atoms with Crippen molar-refractivity contribution in [3.8, 4) is 0 Å². The van der Waals surface area contributed by atoms with Crippen molar-refractivity contribution in [1.82, 2.24) is 10.2 Å². The van der Waals surface area contributed by atoms with Gasteiger partial charge in [0.1, 0.15) is 0 Å². The summed E-state index contributed by atoms with van der Waals surface area (Å²) in [7, 11) is 2.30. The maximum absolute atomic E-state index is 3.50. The minimum Gasteiger partial charge on any atom is -0.316 e. The molecule has 0 aromatic heterocycles. The molecule has 1 heterocycles. The minimum atomic E-state index is 0.713. The number of nitrogens with one attached hydrogen (secondary N) is 1. The molecule has 1 N–H and O–H groups in total. The summed E-state index contributed by atoms with van der Waals surface area (Å²) in [4.78, 5) is 2.58. The first-order valence-electron chi connectivity index (χ1n) is 6.17. The second-order valence-corrected chi connectivity index (χ2v) is 5.32. The lowest BCUT2D eigenvalue weighted by atomic mass is 9.64. The minimum absolute atomic E-state index is 0.713. The van der Waals surface area contributed by atoms with Crippen LogP contribution in [0.25, 0.3) is 0 Å². The third-order valence-electron chi connectivity index (χ3n) is 4.16. The molecule has 82 valence electrons. The van der Waals surface area contributed by atoms with Crippen molar-refractivity contribution in [2.45, 2.75) is 45.1 Å². The Kier molecular flexibility index (Phi) is 3.13. The van der Waals surface area contributed by atoms with Gasteiger partial charge in [0.2, 0.25) is 0 Å². The Bertz CT molecular complexity index is 177. The van der Waals surface area contributed by atoms with Crippen LogP contribution in [-0.4, -0.2) is 37.6 Å². The van der Waals surface area contributed by atoms with Crippen LogP contribution in [0.15, 0.2) is 0 Å². The predicted octanol–water partition coefficient (Wildman–Crippen LogP) is 1.86. The number of hydrogen-bond donors (Lipinski definition) is 1. The van der Waals surface area contributed by atoms with Crippen LogP contribution in [0.3, 0.4) is 0 Å². The Morgan fingerprint density at radius 2 is 2.21 bits per heavy atom. The maximum Gasteiger partial charge on any atom is 0.0104 e. The van der Waals surface area contributed by atoms with Crippen molar-refractivity contribution >= 4 is 0 Å². The normalized spacial score (nSPS) is 36.6. The smallest absolute Gasteiger partial charge is 0.0104 e. The van der Waals surface area contributed by atoms with E-state index in [-0.39, 0.29) is 0 Å². The van der Waals surface area contributed by atoms with Gasteiger partial charge in [-0.3, -0.25) is 0 Å². The summed E-state index contributed by atoms with van der Waals surface area (Å²) in [5, 5.41) is 3.50. The van der Waals surface area contributed by atoms with Crippen molar-refractivity contribution in [3.05, 3.63) is 0 Å². The molecule has 0 aromatic rings. The molecule has 0 unspecified atom stereocenters. The van der Waals surface area contributed by atoms with E-state index < -0.39 is 0 Å². The van der Waals surface area contributed by atoms with Crippen LogP contribution >= 0.6 is 0 Å². The molecule has 1 aliphatic heterocycles. The van der Waals surface area contributed by atoms with Gasteiger partial charge in [0.15, 0.2) is 0 Å². The molecule has 0 amide bonds. The monoisotopic (exact) mass is 196 g/mol. The zero-order valence-electron chi connectivity index (χ0n) is 9.68. The molecular weight excluding hydrogens is 172 g/mol. The predicted molar refractivity (Wildman–Crippen MR) is 60.5 cm³/mol. The molecule has 1 saturated heterocycles. The Morgan fingerprint density at radius 3 is 2.79 bits per heavy atom. The van der Waals surface area contributed by atoms with Crippen molar-refractivity contribution in [2.75, 3.05) is 26.7 Å². The van der Waals surface area contributed by atoms with Gasteiger partial charge in [-0.05, 0) is 51.2 Å². The fourth-order valence-electron chi connectivity index (χ4n) is 2.99. The second-order valence-electron chi connectivity index (χ2n) is 5.32. The van der Waals surface area contributed by atoms with Gasteiger partial charge in [-0.15, -0.1) is 0 Å². The summed E-state index contributed by atoms with van der Waals surface area (Å²) in [5.41, 5.74) is 0.713. The first-order chi connectivity index (χ1) is 6.76. The summed E-state index contributed by atoms with van der Waals surface area (Å²) in [6.07, 6.45) is 6.99. The molecule has 1 aliphatic carbocycles. The lowest BCUT2D eigenvalue weighted by molar-refractivity contribution is 0.0281. The lowest BCUT2D eigenvalue weighted by Crippen LogP contribution is -2.50. The number of hydrogen-bond acceptors (Lipinski definition) is 2. The highest BCUT2D eigenvalue weighted by atomic mass is 15.1. The number of unbranched alkanes of at least 4 members (excludes halogenated alkanes) is 1. The maximum atomic E-state index is 3.50. The van der Waals surface area contributed by atoms with Gasteiger partial charge in [-0.2, -0.15) is 0 Å². The third-order valence-corrected chi connectivity index (χ3v) is 4.16. The van der Waals surface area contributed by atoms with Gasteiger partial charge >= 0.3 is 0 Å². The van der Waals surface area contributed by atoms with E-state index >= 15 is 0 Å². The number of nitrogens with zero attached hydrogens (tertiary/aromatic N) is 1. The zero-order valence-corrected chi connectivity index (χ0v) is 9.68. The van der Waals surface area contributed by atoms with Crippen LogP contribution in [0.5, 0.6) is 0 Å². The van der Waals surface area contributed by atoms with Crippen LogP contribution in [0.4, 0.5) is 0 Å². The summed E-state index contributed by atoms with van der Waals surface area (Å²) >= 11 is 0. The molecule has 2 fully saturated rings. The van der Waals surface area contributed by atoms with E-state index in [1.807, 2.05) is 0 Å². The van der Waals surface area contributed by atoms with E-state index in [1.165, 1.54) is 51.7 Å². The second kappa shape index (κ2) is 4.19. The lowest BCUT2D eigenvalue weighted by Gasteiger charge is -2.49. The average molecular weight is 196 g/mol. The Balaban J connectivity index is 1.70. The topological polar surface area (TPSA) is 15.3 Å². The Morgan fingerprint density at radius 1 is 1.43 bits per heavy atom. The van der Waals surface area contributed by atoms with Crippen LogP contribution < -0.4 is 5.32 Å². The van der Waals surface area contributed by atoms with E-state index in [0.29, 0.717) is 5.41 Å². The average Bonchev–Trinajstić information content (AvgIpc) is 2.60. The molecule has 2 rings (SSSR count). The van der Waals surface area contributed by atoms with Crippen LogP contribution in [-0.2, 0) is 0 Å². The van der Waals surface area contributed by atoms with E-state index in [0.717, 1.165) is 6.04 Å². The Hall–Kier alpha value is -0.0800. The van der Waals surface area contributed by atoms with Gasteiger partial charge in [0, 0.05) is 12.6 Å². The molecule has 14 heavy (non-hydrogen) atoms. The zero-order chi connectivity index (χ0) is 10.0. The van der Waals surface area contributed by atoms with Crippen molar-refractivity contribution in [2.24, 2.45) is 5.41 Å². The molecule has 0 atom stereocenters. The van der Waals surface area contributed by atoms with Gasteiger partial charge in [-0.1, -0.05) is 13.3 Å². The third kappa shape index (κ3) is 1.96. The summed E-state index contributed by atoms with van der Waals surface area (Å²) in [6.45, 7) is 6.11. The van der Waals surface area contributed by atoms with E-state index in [9.17, 15) is 0 Å². The fourth-order valence-corrected chi connectivity index (χ4v) is 2.99. The molecule has 2 heteroatoms. The van der Waals surface area contributed by atoms with Crippen molar-refractivity contribution < 1.29 is 0 Å². The van der Waals surface area contributed by atoms with E-state index in [2.05, 4.69) is 24.2 Å². The Labute approximate surface area is 88.1 Å². The van der Waals surface area contributed by atoms with Gasteiger partial charge in [0.25, 0.3) is 0 Å². The van der Waals surface area contributed by atoms with Crippen LogP contribution in [0, 0.1) is 5.41 Å². The summed E-state index contributed by atoms with van der Waals surface area (Å²) in [6, 6.07) is 0.890. The SMILES string of the molecule is CCCCN(C)C1CC2(CCNC2)C1. The van der Waals surface area contributed by atoms with Crippen molar-refractivity contribution in [1.29, 1.82) is 0 Å². The van der Waals surface area contributed by atoms with E-state index in [1.54, 1.807) is 0 Å². The quantitative estimate of drug-likeness (QED) is 0.738. The van der Waals surface area contributed by atoms with Gasteiger partial charge < -0.3 is 10.2 Å². The van der Waals surface area contributed by atoms with Gasteiger partial charge in [-0.25, -0.2) is 0 Å². The van der Waals surface area contributed by atoms with E-state index in [4.69, 9.17) is 0 Å². The number of rotatable bonds is 4. The standard InChI is InChI=1S/C12H24N2/c1-3-4-7-14(2)11-8-12(9-11)5-6-13-10-12/h11,13H,3-10H2,1-2H3. The molecule has 1 saturated carbocycles. The fraction of sp³-hybridized carbons (Fsp3) is 1.00. The summed E-state index contributed by atoms with van der Waals surface area (Å²) < 4.78 is 0. The van der Waals surface area contributed by atoms with Crippen LogP contribution in [0.2, 0.25) is 0 Å². The van der Waals surface area contributed by atoms with Crippen LogP contribution in [0.1, 0.15) is 39.0 Å². The molecule has 0 bridgehead atoms. The molecule has 0 aromatic carbocycles. The molecule has 2 nitrogen and oxygen atoms in total. The largest absolute Gasteiger partial charge is 0.316 e. The highest BCUT2D eigenvalue weighted by Gasteiger charge is 2.46. The van der Waals surface area contributed by atoms with Gasteiger partial charge in [0.05, 0.1) is 0 Å². The molecule has 1 spiro atoms. The highest BCUT2D eigenvalue weighted by molar-refractivity contribution is 5.02. The summed E-state index contributed by atoms with van der Waals surface area (Å²) in [5.74, 6) is 0. The first-order valence-corrected chi connectivity index (χ1v) is 6.17. The molecule has 2 aliphatic rings. The highest BCUT2D eigenvalue weighted by Crippen LogP contribution is 2.47. The first kappa shape index (κ1) is 10.4. The van der Waals surface area contributed by atoms with Crippen molar-refractivity contribution in [3.63, 3.8) is 0 Å². The molecular formula is C12H24N2.